The molecule has 0 aromatic carbocycles. The molecule has 2 rings (SSSR count). The summed E-state index contributed by atoms with van der Waals surface area (Å²) in [6.45, 7) is 2.77. The van der Waals surface area contributed by atoms with Gasteiger partial charge in [-0.3, -0.25) is 0 Å². The molecular weight excluding hydrogens is 190 g/mol. The van der Waals surface area contributed by atoms with Gasteiger partial charge in [0, 0.05) is 18.4 Å². The molecule has 5 nitrogen and oxygen atoms in total. The van der Waals surface area contributed by atoms with Crippen molar-refractivity contribution in [1.29, 1.82) is 0 Å². The SMILES string of the molecule is CC(CCN)Nc1nccn2nccc12. The van der Waals surface area contributed by atoms with E-state index in [-0.39, 0.29) is 0 Å². The lowest BCUT2D eigenvalue weighted by Gasteiger charge is -2.13. The summed E-state index contributed by atoms with van der Waals surface area (Å²) in [5, 5.41) is 7.46. The molecule has 2 aromatic heterocycles. The van der Waals surface area contributed by atoms with Crippen molar-refractivity contribution in [2.24, 2.45) is 5.73 Å². The third-order valence-corrected chi connectivity index (χ3v) is 2.31. The highest BCUT2D eigenvalue weighted by Gasteiger charge is 2.05. The Kier molecular flexibility index (Phi) is 2.82. The lowest BCUT2D eigenvalue weighted by molar-refractivity contribution is 0.713. The van der Waals surface area contributed by atoms with Gasteiger partial charge < -0.3 is 11.1 Å². The zero-order chi connectivity index (χ0) is 10.7. The zero-order valence-electron chi connectivity index (χ0n) is 8.72. The van der Waals surface area contributed by atoms with Crippen molar-refractivity contribution in [3.63, 3.8) is 0 Å². The molecule has 0 radical (unpaired) electrons. The lowest BCUT2D eigenvalue weighted by atomic mass is 10.2. The minimum atomic E-state index is 0.323. The van der Waals surface area contributed by atoms with Gasteiger partial charge in [-0.2, -0.15) is 5.10 Å². The lowest BCUT2D eigenvalue weighted by Crippen LogP contribution is -2.20. The summed E-state index contributed by atoms with van der Waals surface area (Å²) in [6, 6.07) is 2.26. The van der Waals surface area contributed by atoms with E-state index in [1.165, 1.54) is 0 Å². The molecule has 0 amide bonds. The van der Waals surface area contributed by atoms with E-state index in [4.69, 9.17) is 5.73 Å². The smallest absolute Gasteiger partial charge is 0.152 e. The van der Waals surface area contributed by atoms with Gasteiger partial charge in [0.25, 0.3) is 0 Å². The van der Waals surface area contributed by atoms with E-state index >= 15 is 0 Å². The number of nitrogens with two attached hydrogens (primary N) is 1. The number of fused-ring (bicyclic) bond motifs is 1. The fraction of sp³-hybridized carbons (Fsp3) is 0.400. The van der Waals surface area contributed by atoms with E-state index in [1.807, 2.05) is 12.3 Å². The van der Waals surface area contributed by atoms with Gasteiger partial charge in [-0.1, -0.05) is 0 Å². The summed E-state index contributed by atoms with van der Waals surface area (Å²) in [5.41, 5.74) is 6.49. The maximum atomic E-state index is 5.50. The third-order valence-electron chi connectivity index (χ3n) is 2.31. The number of rotatable bonds is 4. The van der Waals surface area contributed by atoms with Gasteiger partial charge in [-0.15, -0.1) is 0 Å². The summed E-state index contributed by atoms with van der Waals surface area (Å²) in [6.07, 6.45) is 6.25. The molecule has 1 unspecified atom stereocenters. The Bertz CT molecular complexity index is 436. The van der Waals surface area contributed by atoms with Gasteiger partial charge in [0.15, 0.2) is 5.82 Å². The van der Waals surface area contributed by atoms with E-state index in [0.717, 1.165) is 17.8 Å². The van der Waals surface area contributed by atoms with Crippen molar-refractivity contribution in [2.75, 3.05) is 11.9 Å². The van der Waals surface area contributed by atoms with Crippen molar-refractivity contribution in [3.8, 4) is 0 Å². The standard InChI is InChI=1S/C10H15N5/c1-8(2-4-11)14-10-9-3-5-13-15(9)7-6-12-10/h3,5-8H,2,4,11H2,1H3,(H,12,14). The molecule has 80 valence electrons. The average Bonchev–Trinajstić information content (AvgIpc) is 2.67. The molecule has 15 heavy (non-hydrogen) atoms. The molecule has 0 aliphatic heterocycles. The van der Waals surface area contributed by atoms with E-state index in [0.29, 0.717) is 12.6 Å². The van der Waals surface area contributed by atoms with Crippen LogP contribution in [0.2, 0.25) is 0 Å². The van der Waals surface area contributed by atoms with E-state index in [1.54, 1.807) is 16.9 Å². The third kappa shape index (κ3) is 2.07. The summed E-state index contributed by atoms with van der Waals surface area (Å²) in [4.78, 5) is 4.29. The molecule has 0 aliphatic carbocycles. The molecule has 0 fully saturated rings. The normalized spacial score (nSPS) is 12.9. The number of hydrogen-bond donors (Lipinski definition) is 2. The molecule has 5 heteroatoms. The molecule has 0 saturated carbocycles. The van der Waals surface area contributed by atoms with E-state index < -0.39 is 0 Å². The Hall–Kier alpha value is -1.62. The van der Waals surface area contributed by atoms with Crippen molar-refractivity contribution in [2.45, 2.75) is 19.4 Å². The van der Waals surface area contributed by atoms with Crippen LogP contribution in [0.25, 0.3) is 5.52 Å². The Balaban J connectivity index is 2.23. The van der Waals surface area contributed by atoms with Crippen LogP contribution in [-0.4, -0.2) is 27.2 Å². The van der Waals surface area contributed by atoms with Gasteiger partial charge in [0.1, 0.15) is 5.52 Å². The predicted octanol–water partition coefficient (Wildman–Crippen LogP) is 0.878. The molecule has 0 aliphatic rings. The second kappa shape index (κ2) is 4.27. The quantitative estimate of drug-likeness (QED) is 0.777. The van der Waals surface area contributed by atoms with E-state index in [2.05, 4.69) is 22.3 Å². The van der Waals surface area contributed by atoms with Crippen LogP contribution in [0.15, 0.2) is 24.7 Å². The highest BCUT2D eigenvalue weighted by Crippen LogP contribution is 2.13. The van der Waals surface area contributed by atoms with E-state index in [9.17, 15) is 0 Å². The molecule has 0 bridgehead atoms. The molecule has 0 saturated heterocycles. The largest absolute Gasteiger partial charge is 0.366 e. The summed E-state index contributed by atoms with van der Waals surface area (Å²) in [5.74, 6) is 0.857. The number of nitrogens with zero attached hydrogens (tertiary/aromatic N) is 3. The molecular formula is C10H15N5. The Morgan fingerprint density at radius 2 is 2.40 bits per heavy atom. The fourth-order valence-corrected chi connectivity index (χ4v) is 1.52. The first-order valence-electron chi connectivity index (χ1n) is 5.06. The number of anilines is 1. The number of hydrogen-bond acceptors (Lipinski definition) is 4. The monoisotopic (exact) mass is 205 g/mol. The van der Waals surface area contributed by atoms with Crippen LogP contribution in [0, 0.1) is 0 Å². The first kappa shape index (κ1) is 9.92. The van der Waals surface area contributed by atoms with Crippen LogP contribution in [0.3, 0.4) is 0 Å². The predicted molar refractivity (Wildman–Crippen MR) is 59.7 cm³/mol. The van der Waals surface area contributed by atoms with Gasteiger partial charge in [-0.05, 0) is 26.0 Å². The Morgan fingerprint density at radius 1 is 1.53 bits per heavy atom. The molecule has 2 aromatic rings. The average molecular weight is 205 g/mol. The molecule has 3 N–H and O–H groups in total. The molecule has 2 heterocycles. The van der Waals surface area contributed by atoms with Gasteiger partial charge in [-0.25, -0.2) is 9.50 Å². The van der Waals surface area contributed by atoms with Crippen LogP contribution in [0.4, 0.5) is 5.82 Å². The zero-order valence-corrected chi connectivity index (χ0v) is 8.72. The fourth-order valence-electron chi connectivity index (χ4n) is 1.52. The maximum Gasteiger partial charge on any atom is 0.152 e. The highest BCUT2D eigenvalue weighted by atomic mass is 15.2. The minimum absolute atomic E-state index is 0.323. The van der Waals surface area contributed by atoms with Crippen molar-refractivity contribution < 1.29 is 0 Å². The van der Waals surface area contributed by atoms with Gasteiger partial charge in [0.05, 0.1) is 6.20 Å². The van der Waals surface area contributed by atoms with Gasteiger partial charge >= 0.3 is 0 Å². The maximum absolute atomic E-state index is 5.50. The van der Waals surface area contributed by atoms with Gasteiger partial charge in [0.2, 0.25) is 0 Å². The topological polar surface area (TPSA) is 68.2 Å². The van der Waals surface area contributed by atoms with Crippen LogP contribution in [0.5, 0.6) is 0 Å². The molecule has 0 spiro atoms. The van der Waals surface area contributed by atoms with Crippen LogP contribution >= 0.6 is 0 Å². The number of aromatic nitrogens is 3. The molecule has 1 atom stereocenters. The number of nitrogens with one attached hydrogen (secondary N) is 1. The summed E-state index contributed by atoms with van der Waals surface area (Å²) in [7, 11) is 0. The Labute approximate surface area is 88.3 Å². The second-order valence-electron chi connectivity index (χ2n) is 3.56. The van der Waals surface area contributed by atoms with Crippen LogP contribution < -0.4 is 11.1 Å². The first-order chi connectivity index (χ1) is 7.31. The van der Waals surface area contributed by atoms with Crippen molar-refractivity contribution >= 4 is 11.3 Å². The Morgan fingerprint density at radius 3 is 3.20 bits per heavy atom. The summed E-state index contributed by atoms with van der Waals surface area (Å²) < 4.78 is 1.80. The van der Waals surface area contributed by atoms with Crippen molar-refractivity contribution in [1.82, 2.24) is 14.6 Å². The second-order valence-corrected chi connectivity index (χ2v) is 3.56. The summed E-state index contributed by atoms with van der Waals surface area (Å²) >= 11 is 0. The first-order valence-corrected chi connectivity index (χ1v) is 5.06. The van der Waals surface area contributed by atoms with Crippen LogP contribution in [0.1, 0.15) is 13.3 Å². The van der Waals surface area contributed by atoms with Crippen molar-refractivity contribution in [3.05, 3.63) is 24.7 Å². The highest BCUT2D eigenvalue weighted by molar-refractivity contribution is 5.66. The minimum Gasteiger partial charge on any atom is -0.366 e. The van der Waals surface area contributed by atoms with Crippen LogP contribution in [-0.2, 0) is 0 Å².